The van der Waals surface area contributed by atoms with Gasteiger partial charge >= 0.3 is 12.3 Å². The number of hydrogen-bond donors (Lipinski definition) is 1. The lowest BCUT2D eigenvalue weighted by Gasteiger charge is -2.11. The van der Waals surface area contributed by atoms with Crippen LogP contribution < -0.4 is 10.1 Å². The Morgan fingerprint density at radius 3 is 2.79 bits per heavy atom. The molecule has 0 radical (unpaired) electrons. The Balaban J connectivity index is 1.97. The van der Waals surface area contributed by atoms with Crippen molar-refractivity contribution >= 4 is 17.3 Å². The molecular weight excluding hydrogens is 326 g/mol. The third kappa shape index (κ3) is 4.48. The fourth-order valence-corrected chi connectivity index (χ4v) is 2.00. The van der Waals surface area contributed by atoms with Crippen LogP contribution in [0, 0.1) is 17.0 Å². The summed E-state index contributed by atoms with van der Waals surface area (Å²) in [6, 6.07) is 5.80. The minimum Gasteiger partial charge on any atom is -0.433 e. The van der Waals surface area contributed by atoms with Gasteiger partial charge in [0, 0.05) is 13.0 Å². The summed E-state index contributed by atoms with van der Waals surface area (Å²) in [5.41, 5.74) is 0.229. The molecule has 128 valence electrons. The van der Waals surface area contributed by atoms with Crippen molar-refractivity contribution in [2.24, 2.45) is 0 Å². The molecule has 2 aromatic rings. The molecule has 0 aliphatic carbocycles. The van der Waals surface area contributed by atoms with E-state index >= 15 is 0 Å². The van der Waals surface area contributed by atoms with Crippen molar-refractivity contribution in [2.75, 3.05) is 5.32 Å². The largest absolute Gasteiger partial charge is 0.433 e. The summed E-state index contributed by atoms with van der Waals surface area (Å²) in [6.45, 7) is -1.40. The lowest BCUT2D eigenvalue weighted by atomic mass is 10.3. The molecule has 8 nitrogen and oxygen atoms in total. The molecule has 0 aliphatic rings. The van der Waals surface area contributed by atoms with Gasteiger partial charge in [-0.2, -0.15) is 13.9 Å². The minimum atomic E-state index is -3.00. The summed E-state index contributed by atoms with van der Waals surface area (Å²) in [4.78, 5) is 22.1. The highest BCUT2D eigenvalue weighted by atomic mass is 19.3. The maximum absolute atomic E-state index is 12.3. The van der Waals surface area contributed by atoms with E-state index in [2.05, 4.69) is 15.2 Å². The molecular formula is C14H14F2N4O4. The minimum absolute atomic E-state index is 0.0404. The molecule has 24 heavy (non-hydrogen) atoms. The number of hydrogen-bond acceptors (Lipinski definition) is 5. The number of aryl methyl sites for hydroxylation is 2. The fraction of sp³-hybridized carbons (Fsp3) is 0.286. The monoisotopic (exact) mass is 340 g/mol. The molecule has 0 spiro atoms. The smallest absolute Gasteiger partial charge is 0.387 e. The van der Waals surface area contributed by atoms with Gasteiger partial charge in [-0.15, -0.1) is 0 Å². The number of benzene rings is 1. The summed E-state index contributed by atoms with van der Waals surface area (Å²) in [6.07, 6.45) is 1.19. The molecule has 1 amide bonds. The summed E-state index contributed by atoms with van der Waals surface area (Å²) in [5, 5.41) is 17.1. The van der Waals surface area contributed by atoms with Crippen LogP contribution in [-0.2, 0) is 11.3 Å². The molecule has 0 bridgehead atoms. The topological polar surface area (TPSA) is 99.3 Å². The van der Waals surface area contributed by atoms with Crippen molar-refractivity contribution in [2.45, 2.75) is 26.5 Å². The van der Waals surface area contributed by atoms with Gasteiger partial charge in [-0.1, -0.05) is 12.1 Å². The molecule has 1 heterocycles. The number of rotatable bonds is 7. The highest BCUT2D eigenvalue weighted by Gasteiger charge is 2.16. The number of anilines is 1. The van der Waals surface area contributed by atoms with Crippen molar-refractivity contribution in [3.05, 3.63) is 46.3 Å². The zero-order valence-electron chi connectivity index (χ0n) is 12.6. The van der Waals surface area contributed by atoms with E-state index in [0.29, 0.717) is 0 Å². The van der Waals surface area contributed by atoms with E-state index in [4.69, 9.17) is 0 Å². The second kappa shape index (κ2) is 7.49. The predicted octanol–water partition coefficient (Wildman–Crippen LogP) is 2.73. The van der Waals surface area contributed by atoms with Gasteiger partial charge in [0.15, 0.2) is 0 Å². The first-order chi connectivity index (χ1) is 11.4. The molecule has 1 aromatic heterocycles. The highest BCUT2D eigenvalue weighted by molar-refractivity contribution is 5.92. The van der Waals surface area contributed by atoms with E-state index in [-0.39, 0.29) is 35.8 Å². The maximum Gasteiger partial charge on any atom is 0.387 e. The first-order valence-corrected chi connectivity index (χ1v) is 6.89. The van der Waals surface area contributed by atoms with Gasteiger partial charge in [-0.25, -0.2) is 0 Å². The van der Waals surface area contributed by atoms with Gasteiger partial charge in [0.25, 0.3) is 0 Å². The molecule has 1 N–H and O–H groups in total. The Labute approximate surface area is 135 Å². The molecule has 0 saturated heterocycles. The number of nitrogens with one attached hydrogen (secondary N) is 1. The normalized spacial score (nSPS) is 10.7. The zero-order valence-corrected chi connectivity index (χ0v) is 12.6. The second-order valence-corrected chi connectivity index (χ2v) is 4.79. The average molecular weight is 340 g/mol. The molecule has 0 saturated carbocycles. The maximum atomic E-state index is 12.3. The van der Waals surface area contributed by atoms with Crippen LogP contribution in [0.4, 0.5) is 20.2 Å². The van der Waals surface area contributed by atoms with Crippen molar-refractivity contribution in [1.29, 1.82) is 0 Å². The Hall–Kier alpha value is -3.04. The number of para-hydroxylation sites is 2. The van der Waals surface area contributed by atoms with Gasteiger partial charge in [0.1, 0.15) is 17.6 Å². The lowest BCUT2D eigenvalue weighted by molar-refractivity contribution is -0.385. The number of aromatic nitrogens is 2. The molecule has 10 heteroatoms. The van der Waals surface area contributed by atoms with E-state index in [1.807, 2.05) is 0 Å². The molecule has 0 aliphatic heterocycles. The molecule has 2 rings (SSSR count). The Kier molecular flexibility index (Phi) is 5.40. The summed E-state index contributed by atoms with van der Waals surface area (Å²) in [5.74, 6) is -0.609. The van der Waals surface area contributed by atoms with Crippen LogP contribution in [0.15, 0.2) is 30.5 Å². The van der Waals surface area contributed by atoms with Crippen LogP contribution in [-0.4, -0.2) is 27.2 Å². The number of ether oxygens (including phenoxy) is 1. The number of nitro groups is 1. The highest BCUT2D eigenvalue weighted by Crippen LogP contribution is 2.25. The standard InChI is InChI=1S/C14H14F2N4O4/c1-9-11(20(22)23)8-19(18-9)7-6-13(21)17-10-4-2-3-5-12(10)24-14(15)16/h2-5,8,14H,6-7H2,1H3,(H,17,21). The van der Waals surface area contributed by atoms with Gasteiger partial charge in [0.05, 0.1) is 10.6 Å². The number of carbonyl (C=O) groups is 1. The third-order valence-electron chi connectivity index (χ3n) is 3.06. The molecule has 0 fully saturated rings. The van der Waals surface area contributed by atoms with Gasteiger partial charge < -0.3 is 10.1 Å². The van der Waals surface area contributed by atoms with Gasteiger partial charge in [-0.05, 0) is 19.1 Å². The number of halogens is 2. The Morgan fingerprint density at radius 2 is 2.17 bits per heavy atom. The van der Waals surface area contributed by atoms with Crippen LogP contribution in [0.2, 0.25) is 0 Å². The van der Waals surface area contributed by atoms with E-state index in [1.54, 1.807) is 6.07 Å². The van der Waals surface area contributed by atoms with Crippen molar-refractivity contribution < 1.29 is 23.2 Å². The Morgan fingerprint density at radius 1 is 1.46 bits per heavy atom. The van der Waals surface area contributed by atoms with E-state index in [1.165, 1.54) is 36.0 Å². The van der Waals surface area contributed by atoms with E-state index in [0.717, 1.165) is 0 Å². The Bertz CT molecular complexity index is 748. The number of nitrogens with zero attached hydrogens (tertiary/aromatic N) is 3. The summed E-state index contributed by atoms with van der Waals surface area (Å²) in [7, 11) is 0. The summed E-state index contributed by atoms with van der Waals surface area (Å²) < 4.78 is 30.2. The fourth-order valence-electron chi connectivity index (χ4n) is 2.00. The lowest BCUT2D eigenvalue weighted by Crippen LogP contribution is -2.16. The third-order valence-corrected chi connectivity index (χ3v) is 3.06. The van der Waals surface area contributed by atoms with Crippen LogP contribution in [0.3, 0.4) is 0 Å². The summed E-state index contributed by atoms with van der Waals surface area (Å²) >= 11 is 0. The number of carbonyl (C=O) groups excluding carboxylic acids is 1. The zero-order chi connectivity index (χ0) is 17.7. The van der Waals surface area contributed by atoms with Crippen LogP contribution in [0.5, 0.6) is 5.75 Å². The first-order valence-electron chi connectivity index (χ1n) is 6.89. The second-order valence-electron chi connectivity index (χ2n) is 4.79. The number of alkyl halides is 2. The van der Waals surface area contributed by atoms with Crippen LogP contribution >= 0.6 is 0 Å². The predicted molar refractivity (Wildman–Crippen MR) is 79.9 cm³/mol. The molecule has 0 atom stereocenters. The van der Waals surface area contributed by atoms with Crippen molar-refractivity contribution in [3.8, 4) is 5.75 Å². The van der Waals surface area contributed by atoms with E-state index < -0.39 is 17.4 Å². The van der Waals surface area contributed by atoms with E-state index in [9.17, 15) is 23.7 Å². The average Bonchev–Trinajstić information content (AvgIpc) is 2.88. The van der Waals surface area contributed by atoms with Crippen molar-refractivity contribution in [1.82, 2.24) is 9.78 Å². The molecule has 0 unspecified atom stereocenters. The van der Waals surface area contributed by atoms with Crippen molar-refractivity contribution in [3.63, 3.8) is 0 Å². The van der Waals surface area contributed by atoms with Gasteiger partial charge in [0.2, 0.25) is 5.91 Å². The van der Waals surface area contributed by atoms with Gasteiger partial charge in [-0.3, -0.25) is 19.6 Å². The first kappa shape index (κ1) is 17.3. The SMILES string of the molecule is Cc1nn(CCC(=O)Nc2ccccc2OC(F)F)cc1[N+](=O)[O-]. The molecule has 1 aromatic carbocycles. The number of amides is 1. The van der Waals surface area contributed by atoms with Crippen LogP contribution in [0.1, 0.15) is 12.1 Å². The quantitative estimate of drug-likeness (QED) is 0.617. The van der Waals surface area contributed by atoms with Crippen LogP contribution in [0.25, 0.3) is 0 Å².